The number of carbonyl (C=O) groups excluding carboxylic acids is 1. The van der Waals surface area contributed by atoms with Crippen molar-refractivity contribution in [3.05, 3.63) is 28.2 Å². The largest absolute Gasteiger partial charge is 0.446 e. The lowest BCUT2D eigenvalue weighted by molar-refractivity contribution is -0.0328. The molecule has 0 unspecified atom stereocenters. The predicted molar refractivity (Wildman–Crippen MR) is 60.7 cm³/mol. The number of hydrogen-bond acceptors (Lipinski definition) is 2. The predicted octanol–water partition coefficient (Wildman–Crippen LogP) is 4.65. The van der Waals surface area contributed by atoms with Crippen LogP contribution in [0.5, 0.6) is 0 Å². The van der Waals surface area contributed by atoms with Crippen molar-refractivity contribution in [1.29, 1.82) is 0 Å². The summed E-state index contributed by atoms with van der Waals surface area (Å²) in [4.78, 5) is 11.4. The van der Waals surface area contributed by atoms with E-state index >= 15 is 0 Å². The van der Waals surface area contributed by atoms with E-state index in [1.54, 1.807) is 6.92 Å². The summed E-state index contributed by atoms with van der Waals surface area (Å²) in [5.41, 5.74) is -3.90. The first kappa shape index (κ1) is 13.6. The molecule has 0 aliphatic carbocycles. The first-order chi connectivity index (χ1) is 7.33. The van der Waals surface area contributed by atoms with E-state index in [1.807, 2.05) is 0 Å². The van der Waals surface area contributed by atoms with Crippen molar-refractivity contribution in [1.82, 2.24) is 0 Å². The number of alkyl halides is 3. The second-order valence-electron chi connectivity index (χ2n) is 2.97. The third-order valence-corrected chi connectivity index (χ3v) is 3.53. The molecule has 6 heteroatoms. The maximum absolute atomic E-state index is 12.1. The summed E-state index contributed by atoms with van der Waals surface area (Å²) in [7, 11) is 0. The third kappa shape index (κ3) is 3.83. The molecule has 1 nitrogen and oxygen atoms in total. The fraction of sp³-hybridized carbons (Fsp3) is 0.300. The Labute approximate surface area is 104 Å². The Morgan fingerprint density at radius 3 is 2.50 bits per heavy atom. The van der Waals surface area contributed by atoms with Crippen molar-refractivity contribution >= 4 is 33.5 Å². The highest BCUT2D eigenvalue weighted by Gasteiger charge is 2.30. The quantitative estimate of drug-likeness (QED) is 0.597. The van der Waals surface area contributed by atoms with Crippen molar-refractivity contribution < 1.29 is 18.0 Å². The molecule has 1 aromatic carbocycles. The van der Waals surface area contributed by atoms with Crippen LogP contribution in [0, 0.1) is 0 Å². The van der Waals surface area contributed by atoms with Gasteiger partial charge in [0.1, 0.15) is 0 Å². The number of rotatable bonds is 3. The Hall–Kier alpha value is -0.490. The summed E-state index contributed by atoms with van der Waals surface area (Å²) in [6.45, 7) is 1.70. The molecule has 0 radical (unpaired) electrons. The van der Waals surface area contributed by atoms with Crippen molar-refractivity contribution in [3.63, 3.8) is 0 Å². The van der Waals surface area contributed by atoms with Crippen LogP contribution in [0.25, 0.3) is 0 Å². The van der Waals surface area contributed by atoms with Gasteiger partial charge in [-0.05, 0) is 39.8 Å². The third-order valence-electron chi connectivity index (χ3n) is 1.80. The molecule has 0 aliphatic heterocycles. The highest BCUT2D eigenvalue weighted by molar-refractivity contribution is 9.10. The van der Waals surface area contributed by atoms with E-state index < -0.39 is 5.51 Å². The van der Waals surface area contributed by atoms with Gasteiger partial charge in [-0.25, -0.2) is 0 Å². The molecule has 0 amide bonds. The van der Waals surface area contributed by atoms with E-state index in [0.717, 1.165) is 0 Å². The highest BCUT2D eigenvalue weighted by Crippen LogP contribution is 2.40. The number of hydrogen-bond donors (Lipinski definition) is 0. The molecule has 0 heterocycles. The molecule has 0 spiro atoms. The fourth-order valence-electron chi connectivity index (χ4n) is 1.09. The zero-order valence-corrected chi connectivity index (χ0v) is 10.7. The fourth-order valence-corrected chi connectivity index (χ4v) is 2.25. The van der Waals surface area contributed by atoms with Gasteiger partial charge < -0.3 is 0 Å². The number of benzene rings is 1. The summed E-state index contributed by atoms with van der Waals surface area (Å²) in [5.74, 6) is -0.0933. The zero-order valence-electron chi connectivity index (χ0n) is 8.27. The lowest BCUT2D eigenvalue weighted by Crippen LogP contribution is -2.01. The number of Topliss-reactive ketones (excluding diaryl/α,β-unsaturated/α-hetero) is 1. The average Bonchev–Trinajstić information content (AvgIpc) is 2.18. The monoisotopic (exact) mass is 312 g/mol. The minimum absolute atomic E-state index is 0.0557. The first-order valence-corrected chi connectivity index (χ1v) is 6.03. The normalized spacial score (nSPS) is 11.6. The number of halogens is 4. The topological polar surface area (TPSA) is 17.1 Å². The van der Waals surface area contributed by atoms with Gasteiger partial charge in [-0.2, -0.15) is 13.2 Å². The lowest BCUT2D eigenvalue weighted by atomic mass is 10.1. The molecule has 0 bridgehead atoms. The van der Waals surface area contributed by atoms with E-state index in [9.17, 15) is 18.0 Å². The van der Waals surface area contributed by atoms with Gasteiger partial charge in [0.05, 0.1) is 0 Å². The maximum Gasteiger partial charge on any atom is 0.446 e. The molecule has 1 rings (SSSR count). The molecule has 0 N–H and O–H groups in total. The molecular weight excluding hydrogens is 305 g/mol. The van der Waals surface area contributed by atoms with Gasteiger partial charge in [0.2, 0.25) is 0 Å². The van der Waals surface area contributed by atoms with Gasteiger partial charge in [0.25, 0.3) is 0 Å². The Balaban J connectivity index is 2.96. The second-order valence-corrected chi connectivity index (χ2v) is 4.93. The summed E-state index contributed by atoms with van der Waals surface area (Å²) in [5, 5.41) is 0. The molecule has 0 saturated carbocycles. The van der Waals surface area contributed by atoms with Gasteiger partial charge in [-0.1, -0.05) is 13.0 Å². The van der Waals surface area contributed by atoms with Crippen LogP contribution >= 0.6 is 27.7 Å². The number of thioether (sulfide) groups is 1. The van der Waals surface area contributed by atoms with Gasteiger partial charge in [0.15, 0.2) is 5.78 Å². The summed E-state index contributed by atoms with van der Waals surface area (Å²) < 4.78 is 36.7. The Morgan fingerprint density at radius 2 is 2.06 bits per heavy atom. The second kappa shape index (κ2) is 5.23. The number of ketones is 1. The van der Waals surface area contributed by atoms with E-state index in [1.165, 1.54) is 18.2 Å². The highest BCUT2D eigenvalue weighted by atomic mass is 79.9. The van der Waals surface area contributed by atoms with E-state index in [0.29, 0.717) is 12.0 Å². The summed E-state index contributed by atoms with van der Waals surface area (Å²) in [6.07, 6.45) is 0.332. The molecule has 0 aliphatic rings. The van der Waals surface area contributed by atoms with E-state index in [4.69, 9.17) is 0 Å². The average molecular weight is 313 g/mol. The summed E-state index contributed by atoms with van der Waals surface area (Å²) >= 11 is 2.82. The Kier molecular flexibility index (Phi) is 4.43. The Bertz CT molecular complexity index is 404. The van der Waals surface area contributed by atoms with Crippen molar-refractivity contribution in [2.24, 2.45) is 0 Å². The van der Waals surface area contributed by atoms with Crippen LogP contribution in [-0.2, 0) is 0 Å². The van der Waals surface area contributed by atoms with Crippen molar-refractivity contribution in [2.75, 3.05) is 0 Å². The minimum atomic E-state index is -4.32. The number of carbonyl (C=O) groups is 1. The van der Waals surface area contributed by atoms with Crippen LogP contribution in [0.15, 0.2) is 27.6 Å². The van der Waals surface area contributed by atoms with Crippen LogP contribution in [-0.4, -0.2) is 11.3 Å². The molecule has 0 fully saturated rings. The molecule has 88 valence electrons. The van der Waals surface area contributed by atoms with Crippen molar-refractivity contribution in [3.8, 4) is 0 Å². The van der Waals surface area contributed by atoms with Crippen LogP contribution in [0.1, 0.15) is 23.7 Å². The Morgan fingerprint density at radius 1 is 1.44 bits per heavy atom. The van der Waals surface area contributed by atoms with E-state index in [-0.39, 0.29) is 26.9 Å². The molecule has 0 atom stereocenters. The van der Waals surface area contributed by atoms with E-state index in [2.05, 4.69) is 15.9 Å². The van der Waals surface area contributed by atoms with Gasteiger partial charge in [-0.15, -0.1) is 0 Å². The standard InChI is InChI=1S/C10H8BrF3OS/c1-2-8(15)6-3-4-9(7(11)5-6)16-10(12,13)14/h3-5H,2H2,1H3. The SMILES string of the molecule is CCC(=O)c1ccc(SC(F)(F)F)c(Br)c1. The van der Waals surface area contributed by atoms with Crippen LogP contribution < -0.4 is 0 Å². The van der Waals surface area contributed by atoms with Gasteiger partial charge in [-0.3, -0.25) is 4.79 Å². The van der Waals surface area contributed by atoms with Crippen molar-refractivity contribution in [2.45, 2.75) is 23.7 Å². The first-order valence-electron chi connectivity index (χ1n) is 4.42. The molecule has 1 aromatic rings. The van der Waals surface area contributed by atoms with Crippen LogP contribution in [0.3, 0.4) is 0 Å². The zero-order chi connectivity index (χ0) is 12.3. The molecule has 16 heavy (non-hydrogen) atoms. The van der Waals surface area contributed by atoms with Gasteiger partial charge >= 0.3 is 5.51 Å². The lowest BCUT2D eigenvalue weighted by Gasteiger charge is -2.08. The smallest absolute Gasteiger partial charge is 0.294 e. The van der Waals surface area contributed by atoms with Gasteiger partial charge in [0, 0.05) is 21.4 Å². The maximum atomic E-state index is 12.1. The summed E-state index contributed by atoms with van der Waals surface area (Å²) in [6, 6.07) is 4.12. The minimum Gasteiger partial charge on any atom is -0.294 e. The molecular formula is C10H8BrF3OS. The molecule has 0 saturated heterocycles. The molecule has 0 aromatic heterocycles. The van der Waals surface area contributed by atoms with Crippen LogP contribution in [0.2, 0.25) is 0 Å². The van der Waals surface area contributed by atoms with Crippen LogP contribution in [0.4, 0.5) is 13.2 Å².